The van der Waals surface area contributed by atoms with Gasteiger partial charge >= 0.3 is 0 Å². The molecule has 0 radical (unpaired) electrons. The second-order valence-electron chi connectivity index (χ2n) is 3.68. The van der Waals surface area contributed by atoms with E-state index in [4.69, 9.17) is 0 Å². The highest BCUT2D eigenvalue weighted by molar-refractivity contribution is 9.11. The maximum Gasteiger partial charge on any atom is 0.149 e. The van der Waals surface area contributed by atoms with Gasteiger partial charge in [-0.05, 0) is 59.9 Å². The third-order valence-electron chi connectivity index (χ3n) is 2.34. The standard InChI is InChI=1S/C12H7Br3F2N2/c13-6-1-8(15)12(18-4-6)5-19-11-2-7(14)9(16)3-10(11)17/h1-4,19H,5H2. The summed E-state index contributed by atoms with van der Waals surface area (Å²) in [5.74, 6) is -1.28. The first-order valence-corrected chi connectivity index (χ1v) is 7.53. The molecule has 1 N–H and O–H groups in total. The molecule has 0 aliphatic carbocycles. The number of nitrogens with zero attached hydrogens (tertiary/aromatic N) is 1. The highest BCUT2D eigenvalue weighted by Crippen LogP contribution is 2.25. The normalized spacial score (nSPS) is 10.6. The van der Waals surface area contributed by atoms with Crippen molar-refractivity contribution >= 4 is 53.5 Å². The molecule has 0 atom stereocenters. The second kappa shape index (κ2) is 6.28. The van der Waals surface area contributed by atoms with Crippen LogP contribution in [-0.2, 0) is 6.54 Å². The Morgan fingerprint density at radius 2 is 1.74 bits per heavy atom. The van der Waals surface area contributed by atoms with Gasteiger partial charge < -0.3 is 5.32 Å². The van der Waals surface area contributed by atoms with Crippen molar-refractivity contribution in [2.24, 2.45) is 0 Å². The third-order valence-corrected chi connectivity index (χ3v) is 4.07. The van der Waals surface area contributed by atoms with E-state index < -0.39 is 11.6 Å². The van der Waals surface area contributed by atoms with Crippen molar-refractivity contribution in [2.45, 2.75) is 6.54 Å². The third kappa shape index (κ3) is 3.73. The summed E-state index contributed by atoms with van der Waals surface area (Å²) < 4.78 is 28.5. The fraction of sp³-hybridized carbons (Fsp3) is 0.0833. The van der Waals surface area contributed by atoms with Crippen LogP contribution in [0.2, 0.25) is 0 Å². The highest BCUT2D eigenvalue weighted by atomic mass is 79.9. The smallest absolute Gasteiger partial charge is 0.149 e. The molecule has 2 aromatic rings. The average molecular weight is 457 g/mol. The van der Waals surface area contributed by atoms with E-state index in [0.29, 0.717) is 6.54 Å². The molecule has 0 bridgehead atoms. The molecule has 0 saturated heterocycles. The minimum absolute atomic E-state index is 0.208. The summed E-state index contributed by atoms with van der Waals surface area (Å²) in [6.45, 7) is 0.322. The number of benzene rings is 1. The number of pyridine rings is 1. The molecule has 0 amide bonds. The molecule has 7 heteroatoms. The molecule has 0 saturated carbocycles. The van der Waals surface area contributed by atoms with Crippen LogP contribution >= 0.6 is 47.8 Å². The summed E-state index contributed by atoms with van der Waals surface area (Å²) in [6.07, 6.45) is 1.65. The number of halogens is 5. The number of hydrogen-bond donors (Lipinski definition) is 1. The Balaban J connectivity index is 2.16. The predicted octanol–water partition coefficient (Wildman–Crippen LogP) is 5.26. The summed E-state index contributed by atoms with van der Waals surface area (Å²) >= 11 is 9.69. The van der Waals surface area contributed by atoms with Crippen LogP contribution in [0.1, 0.15) is 5.69 Å². The van der Waals surface area contributed by atoms with Gasteiger partial charge in [-0.2, -0.15) is 0 Å². The lowest BCUT2D eigenvalue weighted by molar-refractivity contribution is 0.580. The van der Waals surface area contributed by atoms with Crippen LogP contribution < -0.4 is 5.32 Å². The molecular formula is C12H7Br3F2N2. The van der Waals surface area contributed by atoms with Gasteiger partial charge in [-0.25, -0.2) is 8.78 Å². The van der Waals surface area contributed by atoms with E-state index in [0.717, 1.165) is 20.7 Å². The van der Waals surface area contributed by atoms with Crippen molar-refractivity contribution in [2.75, 3.05) is 5.32 Å². The zero-order valence-electron chi connectivity index (χ0n) is 9.35. The molecule has 0 aliphatic heterocycles. The Kier molecular flexibility index (Phi) is 4.92. The molecule has 2 rings (SSSR count). The lowest BCUT2D eigenvalue weighted by Gasteiger charge is -2.09. The number of aromatic nitrogens is 1. The maximum absolute atomic E-state index is 13.5. The van der Waals surface area contributed by atoms with Crippen molar-refractivity contribution in [1.29, 1.82) is 0 Å². The molecule has 1 heterocycles. The minimum atomic E-state index is -0.645. The Hall–Kier alpha value is -0.530. The van der Waals surface area contributed by atoms with Crippen LogP contribution in [0.5, 0.6) is 0 Å². The zero-order valence-corrected chi connectivity index (χ0v) is 14.1. The van der Waals surface area contributed by atoms with Gasteiger partial charge in [0.15, 0.2) is 0 Å². The van der Waals surface area contributed by atoms with Gasteiger partial charge in [-0.15, -0.1) is 0 Å². The van der Waals surface area contributed by atoms with E-state index in [1.54, 1.807) is 6.20 Å². The first-order valence-electron chi connectivity index (χ1n) is 5.15. The number of hydrogen-bond acceptors (Lipinski definition) is 2. The summed E-state index contributed by atoms with van der Waals surface area (Å²) in [5, 5.41) is 2.88. The van der Waals surface area contributed by atoms with E-state index in [-0.39, 0.29) is 10.2 Å². The van der Waals surface area contributed by atoms with Crippen molar-refractivity contribution in [3.8, 4) is 0 Å². The maximum atomic E-state index is 13.5. The number of nitrogens with one attached hydrogen (secondary N) is 1. The summed E-state index contributed by atoms with van der Waals surface area (Å²) in [6, 6.07) is 4.04. The summed E-state index contributed by atoms with van der Waals surface area (Å²) in [4.78, 5) is 4.20. The molecule has 0 spiro atoms. The molecule has 1 aromatic heterocycles. The van der Waals surface area contributed by atoms with Gasteiger partial charge in [-0.3, -0.25) is 4.98 Å². The quantitative estimate of drug-likeness (QED) is 0.637. The van der Waals surface area contributed by atoms with Crippen molar-refractivity contribution in [3.63, 3.8) is 0 Å². The van der Waals surface area contributed by atoms with Gasteiger partial charge in [0.2, 0.25) is 0 Å². The van der Waals surface area contributed by atoms with E-state index in [1.807, 2.05) is 6.07 Å². The van der Waals surface area contributed by atoms with Gasteiger partial charge in [0.25, 0.3) is 0 Å². The average Bonchev–Trinajstić information content (AvgIpc) is 2.34. The molecule has 0 fully saturated rings. The minimum Gasteiger partial charge on any atom is -0.377 e. The number of rotatable bonds is 3. The first-order chi connectivity index (χ1) is 8.97. The Labute approximate surface area is 134 Å². The lowest BCUT2D eigenvalue weighted by atomic mass is 10.3. The predicted molar refractivity (Wildman–Crippen MR) is 81.0 cm³/mol. The van der Waals surface area contributed by atoms with Crippen molar-refractivity contribution < 1.29 is 8.78 Å². The molecule has 0 unspecified atom stereocenters. The molecule has 100 valence electrons. The van der Waals surface area contributed by atoms with Gasteiger partial charge in [0.05, 0.1) is 22.4 Å². The van der Waals surface area contributed by atoms with Gasteiger partial charge in [0.1, 0.15) is 11.6 Å². The summed E-state index contributed by atoms with van der Waals surface area (Å²) in [7, 11) is 0. The Bertz CT molecular complexity index is 620. The van der Waals surface area contributed by atoms with E-state index in [1.165, 1.54) is 6.07 Å². The molecular weight excluding hydrogens is 450 g/mol. The SMILES string of the molecule is Fc1cc(F)c(NCc2ncc(Br)cc2Br)cc1Br. The zero-order chi connectivity index (χ0) is 14.0. The molecule has 19 heavy (non-hydrogen) atoms. The van der Waals surface area contributed by atoms with Crippen LogP contribution in [0.4, 0.5) is 14.5 Å². The van der Waals surface area contributed by atoms with Crippen molar-refractivity contribution in [1.82, 2.24) is 4.98 Å². The fourth-order valence-electron chi connectivity index (χ4n) is 1.41. The monoisotopic (exact) mass is 454 g/mol. The van der Waals surface area contributed by atoms with E-state index in [2.05, 4.69) is 58.1 Å². The first kappa shape index (κ1) is 14.9. The molecule has 0 aliphatic rings. The van der Waals surface area contributed by atoms with Crippen LogP contribution in [-0.4, -0.2) is 4.98 Å². The van der Waals surface area contributed by atoms with Crippen LogP contribution in [0.3, 0.4) is 0 Å². The fourth-order valence-corrected chi connectivity index (χ4v) is 2.88. The van der Waals surface area contributed by atoms with Crippen LogP contribution in [0, 0.1) is 11.6 Å². The largest absolute Gasteiger partial charge is 0.377 e. The molecule has 2 nitrogen and oxygen atoms in total. The summed E-state index contributed by atoms with van der Waals surface area (Å²) in [5.41, 5.74) is 0.938. The van der Waals surface area contributed by atoms with Crippen LogP contribution in [0.25, 0.3) is 0 Å². The van der Waals surface area contributed by atoms with Crippen molar-refractivity contribution in [3.05, 3.63) is 55.1 Å². The highest BCUT2D eigenvalue weighted by Gasteiger charge is 2.09. The topological polar surface area (TPSA) is 24.9 Å². The Morgan fingerprint density at radius 1 is 1.00 bits per heavy atom. The Morgan fingerprint density at radius 3 is 2.42 bits per heavy atom. The lowest BCUT2D eigenvalue weighted by Crippen LogP contribution is -2.04. The van der Waals surface area contributed by atoms with Gasteiger partial charge in [0, 0.05) is 21.2 Å². The second-order valence-corrected chi connectivity index (χ2v) is 6.31. The van der Waals surface area contributed by atoms with Gasteiger partial charge in [-0.1, -0.05) is 0 Å². The van der Waals surface area contributed by atoms with E-state index >= 15 is 0 Å². The van der Waals surface area contributed by atoms with E-state index in [9.17, 15) is 8.78 Å². The van der Waals surface area contributed by atoms with Crippen LogP contribution in [0.15, 0.2) is 37.8 Å². The molecule has 1 aromatic carbocycles. The number of anilines is 1.